The molecule has 0 bridgehead atoms. The van der Waals surface area contributed by atoms with Crippen LogP contribution in [-0.4, -0.2) is 45.4 Å². The Kier molecular flexibility index (Phi) is 4.98. The number of aryl methyl sites for hydroxylation is 2. The number of anilines is 1. The van der Waals surface area contributed by atoms with E-state index in [4.69, 9.17) is 0 Å². The zero-order chi connectivity index (χ0) is 19.7. The van der Waals surface area contributed by atoms with E-state index in [-0.39, 0.29) is 30.9 Å². The minimum atomic E-state index is -0.642. The molecule has 3 rings (SSSR count). The Morgan fingerprint density at radius 3 is 2.56 bits per heavy atom. The Hall–Kier alpha value is -3.16. The number of carbonyl (C=O) groups is 2. The van der Waals surface area contributed by atoms with Crippen molar-refractivity contribution in [3.63, 3.8) is 0 Å². The molecule has 1 atom stereocenters. The van der Waals surface area contributed by atoms with E-state index < -0.39 is 11.2 Å². The zero-order valence-electron chi connectivity index (χ0n) is 15.6. The molecule has 0 saturated carbocycles. The average molecular weight is 370 g/mol. The summed E-state index contributed by atoms with van der Waals surface area (Å²) in [5, 5.41) is 0. The van der Waals surface area contributed by atoms with Gasteiger partial charge in [-0.2, -0.15) is 0 Å². The summed E-state index contributed by atoms with van der Waals surface area (Å²) < 4.78 is 1.16. The van der Waals surface area contributed by atoms with Gasteiger partial charge in [0, 0.05) is 30.0 Å². The summed E-state index contributed by atoms with van der Waals surface area (Å²) in [6.07, 6.45) is 1.36. The van der Waals surface area contributed by atoms with Gasteiger partial charge in [-0.15, -0.1) is 0 Å². The second-order valence-electron chi connectivity index (χ2n) is 6.86. The summed E-state index contributed by atoms with van der Waals surface area (Å²) in [7, 11) is 0. The Morgan fingerprint density at radius 1 is 1.15 bits per heavy atom. The minimum absolute atomic E-state index is 0.0502. The van der Waals surface area contributed by atoms with Crippen LogP contribution in [0.25, 0.3) is 0 Å². The molecular weight excluding hydrogens is 348 g/mol. The van der Waals surface area contributed by atoms with Crippen LogP contribution >= 0.6 is 0 Å². The van der Waals surface area contributed by atoms with Crippen molar-refractivity contribution in [3.8, 4) is 0 Å². The van der Waals surface area contributed by atoms with Crippen molar-refractivity contribution in [3.05, 3.63) is 62.4 Å². The molecule has 8 heteroatoms. The van der Waals surface area contributed by atoms with Gasteiger partial charge in [0.05, 0.1) is 0 Å². The summed E-state index contributed by atoms with van der Waals surface area (Å²) in [6, 6.07) is 7.42. The molecule has 0 radical (unpaired) electrons. The molecule has 1 aliphatic heterocycles. The molecule has 2 amide bonds. The van der Waals surface area contributed by atoms with Gasteiger partial charge in [-0.05, 0) is 32.4 Å². The highest BCUT2D eigenvalue weighted by Crippen LogP contribution is 2.23. The van der Waals surface area contributed by atoms with Crippen LogP contribution in [0.1, 0.15) is 18.1 Å². The van der Waals surface area contributed by atoms with Crippen LogP contribution in [0.3, 0.4) is 0 Å². The third kappa shape index (κ3) is 3.69. The van der Waals surface area contributed by atoms with Gasteiger partial charge in [0.1, 0.15) is 13.1 Å². The molecule has 0 aliphatic carbocycles. The number of aromatic amines is 1. The molecule has 1 N–H and O–H groups in total. The Labute approximate surface area is 156 Å². The summed E-state index contributed by atoms with van der Waals surface area (Å²) in [5.41, 5.74) is 1.06. The zero-order valence-corrected chi connectivity index (χ0v) is 15.6. The molecule has 2 heterocycles. The second kappa shape index (κ2) is 7.22. The van der Waals surface area contributed by atoms with Crippen molar-refractivity contribution >= 4 is 17.5 Å². The highest BCUT2D eigenvalue weighted by Gasteiger charge is 2.33. The maximum Gasteiger partial charge on any atom is 0.328 e. The molecule has 142 valence electrons. The fourth-order valence-corrected chi connectivity index (χ4v) is 3.26. The SMILES string of the molecule is Cc1ccccc1N1C[C@H](C)N(C(=O)Cn2cc(C)c(=O)[nH]c2=O)CC1=O. The lowest BCUT2D eigenvalue weighted by atomic mass is 10.1. The van der Waals surface area contributed by atoms with Gasteiger partial charge in [-0.1, -0.05) is 18.2 Å². The number of nitrogens with one attached hydrogen (secondary N) is 1. The van der Waals surface area contributed by atoms with Gasteiger partial charge >= 0.3 is 5.69 Å². The Morgan fingerprint density at radius 2 is 1.85 bits per heavy atom. The standard InChI is InChI=1S/C19H22N4O4/c1-12-6-4-5-7-15(12)23-9-14(3)22(11-17(23)25)16(24)10-21-8-13(2)18(26)20-19(21)27/h4-8,14H,9-11H2,1-3H3,(H,20,26,27)/t14-/m0/s1. The highest BCUT2D eigenvalue weighted by molar-refractivity contribution is 5.98. The van der Waals surface area contributed by atoms with Crippen LogP contribution in [0.4, 0.5) is 5.69 Å². The normalized spacial score (nSPS) is 17.3. The summed E-state index contributed by atoms with van der Waals surface area (Å²) in [5.74, 6) is -0.505. The number of aromatic nitrogens is 2. The lowest BCUT2D eigenvalue weighted by Crippen LogP contribution is -2.58. The van der Waals surface area contributed by atoms with E-state index >= 15 is 0 Å². The van der Waals surface area contributed by atoms with Crippen LogP contribution in [0.15, 0.2) is 40.1 Å². The highest BCUT2D eigenvalue weighted by atomic mass is 16.2. The number of carbonyl (C=O) groups excluding carboxylic acids is 2. The number of hydrogen-bond acceptors (Lipinski definition) is 4. The number of benzene rings is 1. The molecule has 1 aromatic heterocycles. The van der Waals surface area contributed by atoms with Gasteiger partial charge in [0.2, 0.25) is 11.8 Å². The van der Waals surface area contributed by atoms with Gasteiger partial charge in [0.25, 0.3) is 5.56 Å². The second-order valence-corrected chi connectivity index (χ2v) is 6.86. The quantitative estimate of drug-likeness (QED) is 0.847. The van der Waals surface area contributed by atoms with E-state index in [0.717, 1.165) is 15.8 Å². The molecule has 2 aromatic rings. The number of amides is 2. The van der Waals surface area contributed by atoms with E-state index in [2.05, 4.69) is 4.98 Å². The minimum Gasteiger partial charge on any atom is -0.327 e. The van der Waals surface area contributed by atoms with Gasteiger partial charge < -0.3 is 9.80 Å². The molecule has 0 unspecified atom stereocenters. The lowest BCUT2D eigenvalue weighted by molar-refractivity contribution is -0.139. The van der Waals surface area contributed by atoms with Gasteiger partial charge in [0.15, 0.2) is 0 Å². The number of hydrogen-bond donors (Lipinski definition) is 1. The largest absolute Gasteiger partial charge is 0.328 e. The number of H-pyrrole nitrogens is 1. The first-order valence-electron chi connectivity index (χ1n) is 8.73. The molecule has 0 spiro atoms. The van der Waals surface area contributed by atoms with Crippen molar-refractivity contribution in [2.75, 3.05) is 18.0 Å². The van der Waals surface area contributed by atoms with Crippen LogP contribution < -0.4 is 16.1 Å². The molecule has 1 saturated heterocycles. The number of nitrogens with zero attached hydrogens (tertiary/aromatic N) is 3. The Balaban J connectivity index is 1.78. The van der Waals surface area contributed by atoms with Crippen molar-refractivity contribution in [2.24, 2.45) is 0 Å². The van der Waals surface area contributed by atoms with Crippen molar-refractivity contribution in [2.45, 2.75) is 33.4 Å². The third-order valence-electron chi connectivity index (χ3n) is 4.81. The van der Waals surface area contributed by atoms with Crippen LogP contribution in [0.2, 0.25) is 0 Å². The number of piperazine rings is 1. The fourth-order valence-electron chi connectivity index (χ4n) is 3.26. The summed E-state index contributed by atoms with van der Waals surface area (Å²) in [4.78, 5) is 54.0. The van der Waals surface area contributed by atoms with Crippen LogP contribution in [0, 0.1) is 13.8 Å². The molecular formula is C19H22N4O4. The summed E-state index contributed by atoms with van der Waals surface area (Å²) in [6.45, 7) is 5.48. The first-order chi connectivity index (χ1) is 12.8. The van der Waals surface area contributed by atoms with Crippen molar-refractivity contribution in [1.82, 2.24) is 14.5 Å². The van der Waals surface area contributed by atoms with E-state index in [9.17, 15) is 19.2 Å². The van der Waals surface area contributed by atoms with Gasteiger partial charge in [-0.25, -0.2) is 4.79 Å². The first-order valence-corrected chi connectivity index (χ1v) is 8.73. The third-order valence-corrected chi connectivity index (χ3v) is 4.81. The van der Waals surface area contributed by atoms with Crippen LogP contribution in [-0.2, 0) is 16.1 Å². The lowest BCUT2D eigenvalue weighted by Gasteiger charge is -2.40. The average Bonchev–Trinajstić information content (AvgIpc) is 2.62. The smallest absolute Gasteiger partial charge is 0.327 e. The Bertz CT molecular complexity index is 1010. The van der Waals surface area contributed by atoms with Gasteiger partial charge in [-0.3, -0.25) is 23.9 Å². The topological polar surface area (TPSA) is 95.5 Å². The number of rotatable bonds is 3. The number of para-hydroxylation sites is 1. The van der Waals surface area contributed by atoms with E-state index in [0.29, 0.717) is 12.1 Å². The van der Waals surface area contributed by atoms with E-state index in [1.165, 1.54) is 11.1 Å². The maximum atomic E-state index is 12.7. The molecule has 1 fully saturated rings. The van der Waals surface area contributed by atoms with E-state index in [1.54, 1.807) is 11.8 Å². The van der Waals surface area contributed by atoms with Crippen LogP contribution in [0.5, 0.6) is 0 Å². The molecule has 27 heavy (non-hydrogen) atoms. The summed E-state index contributed by atoms with van der Waals surface area (Å²) >= 11 is 0. The first kappa shape index (κ1) is 18.6. The molecule has 1 aromatic carbocycles. The van der Waals surface area contributed by atoms with Crippen molar-refractivity contribution < 1.29 is 9.59 Å². The van der Waals surface area contributed by atoms with E-state index in [1.807, 2.05) is 38.1 Å². The predicted molar refractivity (Wildman–Crippen MR) is 101 cm³/mol. The molecule has 1 aliphatic rings. The molecule has 8 nitrogen and oxygen atoms in total. The monoisotopic (exact) mass is 370 g/mol. The maximum absolute atomic E-state index is 12.7. The fraction of sp³-hybridized carbons (Fsp3) is 0.368. The predicted octanol–water partition coefficient (Wildman–Crippen LogP) is 0.417. The van der Waals surface area contributed by atoms with Crippen molar-refractivity contribution in [1.29, 1.82) is 0 Å².